The van der Waals surface area contributed by atoms with Crippen LogP contribution < -0.4 is 10.9 Å². The summed E-state index contributed by atoms with van der Waals surface area (Å²) in [4.78, 5) is 28.6. The molecular weight excluding hydrogens is 356 g/mol. The van der Waals surface area contributed by atoms with E-state index in [1.54, 1.807) is 38.1 Å². The molecule has 6 heteroatoms. The zero-order valence-electron chi connectivity index (χ0n) is 15.6. The van der Waals surface area contributed by atoms with Crippen LogP contribution in [0.4, 0.5) is 5.69 Å². The minimum atomic E-state index is -0.643. The van der Waals surface area contributed by atoms with Gasteiger partial charge in [0.05, 0.1) is 11.4 Å². The molecule has 1 aromatic heterocycles. The van der Waals surface area contributed by atoms with E-state index in [4.69, 9.17) is 4.42 Å². The van der Waals surface area contributed by atoms with Crippen LogP contribution in [0.25, 0.3) is 0 Å². The number of aromatic hydroxyl groups is 1. The number of nitrogens with one attached hydrogen (secondary N) is 1. The number of aryl methyl sites for hydroxylation is 1. The Labute approximate surface area is 162 Å². The maximum absolute atomic E-state index is 12.3. The molecule has 0 spiro atoms. The number of carbonyl (C=O) groups excluding carboxylic acids is 1. The van der Waals surface area contributed by atoms with Crippen LogP contribution in [-0.2, 0) is 6.54 Å². The van der Waals surface area contributed by atoms with E-state index in [-0.39, 0.29) is 17.2 Å². The summed E-state index contributed by atoms with van der Waals surface area (Å²) in [6.45, 7) is 3.64. The molecule has 0 radical (unpaired) electrons. The topological polar surface area (TPSA) is 91.9 Å². The minimum Gasteiger partial charge on any atom is -0.507 e. The van der Waals surface area contributed by atoms with E-state index >= 15 is 0 Å². The summed E-state index contributed by atoms with van der Waals surface area (Å²) in [5.41, 5.74) is 1.78. The number of amides is 1. The molecule has 142 valence electrons. The summed E-state index contributed by atoms with van der Waals surface area (Å²) >= 11 is 0. The number of hydrogen-bond acceptors (Lipinski definition) is 5. The van der Waals surface area contributed by atoms with Crippen LogP contribution in [0, 0.1) is 6.92 Å². The van der Waals surface area contributed by atoms with Gasteiger partial charge in [-0.3, -0.25) is 9.79 Å². The number of nitrogens with zero attached hydrogens (tertiary/aromatic N) is 1. The lowest BCUT2D eigenvalue weighted by Crippen LogP contribution is -2.22. The first kappa shape index (κ1) is 19.1. The summed E-state index contributed by atoms with van der Waals surface area (Å²) in [6, 6.07) is 17.7. The van der Waals surface area contributed by atoms with Gasteiger partial charge < -0.3 is 14.8 Å². The Bertz CT molecular complexity index is 1070. The monoisotopic (exact) mass is 376 g/mol. The third-order valence-electron chi connectivity index (χ3n) is 4.14. The van der Waals surface area contributed by atoms with Gasteiger partial charge in [0.25, 0.3) is 5.91 Å². The molecule has 3 aromatic rings. The van der Waals surface area contributed by atoms with Crippen LogP contribution in [0.15, 0.2) is 74.9 Å². The lowest BCUT2D eigenvalue weighted by atomic mass is 10.1. The van der Waals surface area contributed by atoms with Crippen molar-refractivity contribution in [3.63, 3.8) is 0 Å². The van der Waals surface area contributed by atoms with Crippen molar-refractivity contribution in [1.82, 2.24) is 5.32 Å². The van der Waals surface area contributed by atoms with Crippen molar-refractivity contribution in [3.05, 3.63) is 93.5 Å². The average molecular weight is 376 g/mol. The van der Waals surface area contributed by atoms with Crippen molar-refractivity contribution in [2.45, 2.75) is 20.4 Å². The Morgan fingerprint density at radius 1 is 1.11 bits per heavy atom. The van der Waals surface area contributed by atoms with Gasteiger partial charge in [-0.1, -0.05) is 30.3 Å². The molecule has 3 rings (SSSR count). The summed E-state index contributed by atoms with van der Waals surface area (Å²) in [7, 11) is 0. The Morgan fingerprint density at radius 2 is 1.79 bits per heavy atom. The largest absolute Gasteiger partial charge is 0.507 e. The fourth-order valence-corrected chi connectivity index (χ4v) is 2.75. The van der Waals surface area contributed by atoms with Crippen LogP contribution >= 0.6 is 0 Å². The van der Waals surface area contributed by atoms with Crippen molar-refractivity contribution in [2.75, 3.05) is 0 Å². The zero-order chi connectivity index (χ0) is 20.1. The van der Waals surface area contributed by atoms with E-state index < -0.39 is 5.63 Å². The fourth-order valence-electron chi connectivity index (χ4n) is 2.75. The van der Waals surface area contributed by atoms with E-state index in [0.29, 0.717) is 29.3 Å². The first-order valence-corrected chi connectivity index (χ1v) is 8.75. The van der Waals surface area contributed by atoms with E-state index in [1.807, 2.05) is 30.3 Å². The molecule has 0 saturated carbocycles. The lowest BCUT2D eigenvalue weighted by molar-refractivity contribution is 0.0951. The number of benzene rings is 2. The molecule has 1 heterocycles. The van der Waals surface area contributed by atoms with E-state index in [1.165, 1.54) is 6.07 Å². The molecule has 2 N–H and O–H groups in total. The summed E-state index contributed by atoms with van der Waals surface area (Å²) in [5, 5.41) is 12.9. The van der Waals surface area contributed by atoms with Gasteiger partial charge in [0, 0.05) is 18.2 Å². The van der Waals surface area contributed by atoms with Gasteiger partial charge >= 0.3 is 5.63 Å². The molecule has 0 fully saturated rings. The number of aliphatic imine (C=N–C) groups is 1. The molecule has 0 aliphatic carbocycles. The molecule has 0 bridgehead atoms. The number of rotatable bonds is 5. The van der Waals surface area contributed by atoms with E-state index in [0.717, 1.165) is 5.56 Å². The molecule has 6 nitrogen and oxygen atoms in total. The zero-order valence-corrected chi connectivity index (χ0v) is 15.6. The Hall–Kier alpha value is -3.67. The maximum Gasteiger partial charge on any atom is 0.348 e. The molecule has 0 aliphatic rings. The van der Waals surface area contributed by atoms with Crippen molar-refractivity contribution < 1.29 is 14.3 Å². The van der Waals surface area contributed by atoms with Gasteiger partial charge in [-0.15, -0.1) is 0 Å². The highest BCUT2D eigenvalue weighted by molar-refractivity contribution is 6.02. The molecule has 0 unspecified atom stereocenters. The molecule has 0 aliphatic heterocycles. The highest BCUT2D eigenvalue weighted by Crippen LogP contribution is 2.19. The Morgan fingerprint density at radius 3 is 2.43 bits per heavy atom. The van der Waals surface area contributed by atoms with Gasteiger partial charge in [0.15, 0.2) is 0 Å². The van der Waals surface area contributed by atoms with Crippen LogP contribution in [0.1, 0.15) is 34.2 Å². The maximum atomic E-state index is 12.3. The van der Waals surface area contributed by atoms with Crippen LogP contribution in [0.5, 0.6) is 5.75 Å². The molecule has 2 aromatic carbocycles. The van der Waals surface area contributed by atoms with Crippen molar-refractivity contribution in [2.24, 2.45) is 4.99 Å². The fraction of sp³-hybridized carbons (Fsp3) is 0.136. The third-order valence-corrected chi connectivity index (χ3v) is 4.14. The highest BCUT2D eigenvalue weighted by Gasteiger charge is 2.13. The van der Waals surface area contributed by atoms with Gasteiger partial charge in [-0.25, -0.2) is 4.79 Å². The molecule has 1 amide bonds. The summed E-state index contributed by atoms with van der Waals surface area (Å²) < 4.78 is 5.01. The van der Waals surface area contributed by atoms with E-state index in [9.17, 15) is 14.7 Å². The first-order chi connectivity index (χ1) is 13.4. The molecular formula is C22H20N2O4. The SMILES string of the molecule is CC(=Nc1ccc(C(=O)NCc2ccccc2)cc1)c1c(O)cc(C)oc1=O. The van der Waals surface area contributed by atoms with Crippen molar-refractivity contribution in [1.29, 1.82) is 0 Å². The normalized spacial score (nSPS) is 11.3. The van der Waals surface area contributed by atoms with Crippen LogP contribution in [0.2, 0.25) is 0 Å². The number of hydrogen-bond donors (Lipinski definition) is 2. The van der Waals surface area contributed by atoms with E-state index in [2.05, 4.69) is 10.3 Å². The van der Waals surface area contributed by atoms with Crippen LogP contribution in [0.3, 0.4) is 0 Å². The van der Waals surface area contributed by atoms with Crippen molar-refractivity contribution >= 4 is 17.3 Å². The van der Waals surface area contributed by atoms with Crippen LogP contribution in [-0.4, -0.2) is 16.7 Å². The quantitative estimate of drug-likeness (QED) is 0.664. The third kappa shape index (κ3) is 4.54. The average Bonchev–Trinajstić information content (AvgIpc) is 2.66. The van der Waals surface area contributed by atoms with Gasteiger partial charge in [-0.2, -0.15) is 0 Å². The second-order valence-corrected chi connectivity index (χ2v) is 6.32. The Balaban J connectivity index is 1.73. The smallest absolute Gasteiger partial charge is 0.348 e. The predicted octanol–water partition coefficient (Wildman–Crippen LogP) is 3.72. The lowest BCUT2D eigenvalue weighted by Gasteiger charge is -2.06. The molecule has 0 saturated heterocycles. The van der Waals surface area contributed by atoms with Gasteiger partial charge in [0.1, 0.15) is 17.1 Å². The second-order valence-electron chi connectivity index (χ2n) is 6.32. The van der Waals surface area contributed by atoms with Gasteiger partial charge in [0.2, 0.25) is 0 Å². The predicted molar refractivity (Wildman–Crippen MR) is 107 cm³/mol. The molecule has 0 atom stereocenters. The summed E-state index contributed by atoms with van der Waals surface area (Å²) in [6.07, 6.45) is 0. The minimum absolute atomic E-state index is 0.0234. The first-order valence-electron chi connectivity index (χ1n) is 8.75. The summed E-state index contributed by atoms with van der Waals surface area (Å²) in [5.74, 6) is -0.0373. The van der Waals surface area contributed by atoms with Gasteiger partial charge in [-0.05, 0) is 43.7 Å². The number of carbonyl (C=O) groups is 1. The standard InChI is InChI=1S/C22H20N2O4/c1-14-12-19(25)20(22(27)28-14)15(2)24-18-10-8-17(9-11-18)21(26)23-13-16-6-4-3-5-7-16/h3-12,25H,13H2,1-2H3,(H,23,26). The Kier molecular flexibility index (Phi) is 5.69. The van der Waals surface area contributed by atoms with Crippen molar-refractivity contribution in [3.8, 4) is 5.75 Å². The highest BCUT2D eigenvalue weighted by atomic mass is 16.4. The molecule has 28 heavy (non-hydrogen) atoms. The second kappa shape index (κ2) is 8.35.